The molecule has 8 heteroatoms. The fourth-order valence-corrected chi connectivity index (χ4v) is 2.63. The zero-order valence-electron chi connectivity index (χ0n) is 12.4. The minimum atomic E-state index is -0.992. The fourth-order valence-electron chi connectivity index (χ4n) is 1.82. The molecule has 0 fully saturated rings. The number of ether oxygens (including phenoxy) is 1. The van der Waals surface area contributed by atoms with Crippen molar-refractivity contribution < 1.29 is 19.1 Å². The third kappa shape index (κ3) is 5.19. The topological polar surface area (TPSA) is 111 Å². The van der Waals surface area contributed by atoms with Crippen molar-refractivity contribution in [2.45, 2.75) is 13.3 Å². The van der Waals surface area contributed by atoms with E-state index in [4.69, 9.17) is 10.5 Å². The molecule has 120 valence electrons. The van der Waals surface area contributed by atoms with Crippen LogP contribution in [0.5, 0.6) is 0 Å². The summed E-state index contributed by atoms with van der Waals surface area (Å²) in [5.41, 5.74) is 7.44. The Balaban J connectivity index is 1.90. The number of thiazole rings is 1. The average molecular weight is 333 g/mol. The standard InChI is InChI=1S/C15H15N3O4S/c1-9-3-2-4-10(5-9)14-17-11(8-23-14)6-13(20)22-7-12(19)18-15(16)21/h2-5,8H,6-7H2,1H3,(H3,16,18,19,21). The molecule has 0 aliphatic carbocycles. The number of imide groups is 1. The Morgan fingerprint density at radius 2 is 2.13 bits per heavy atom. The molecule has 0 unspecified atom stereocenters. The first-order chi connectivity index (χ1) is 10.9. The number of esters is 1. The summed E-state index contributed by atoms with van der Waals surface area (Å²) in [6.45, 7) is 1.43. The summed E-state index contributed by atoms with van der Waals surface area (Å²) < 4.78 is 4.75. The van der Waals surface area contributed by atoms with E-state index in [1.54, 1.807) is 10.7 Å². The van der Waals surface area contributed by atoms with Crippen molar-refractivity contribution in [1.29, 1.82) is 0 Å². The average Bonchev–Trinajstić information content (AvgIpc) is 2.93. The van der Waals surface area contributed by atoms with Gasteiger partial charge in [0.15, 0.2) is 6.61 Å². The molecule has 0 aliphatic heterocycles. The van der Waals surface area contributed by atoms with Crippen LogP contribution < -0.4 is 11.1 Å². The van der Waals surface area contributed by atoms with Gasteiger partial charge >= 0.3 is 12.0 Å². The molecule has 1 heterocycles. The van der Waals surface area contributed by atoms with Crippen LogP contribution in [-0.2, 0) is 20.7 Å². The van der Waals surface area contributed by atoms with Crippen molar-refractivity contribution in [1.82, 2.24) is 10.3 Å². The number of hydrogen-bond acceptors (Lipinski definition) is 6. The van der Waals surface area contributed by atoms with Crippen LogP contribution in [0.25, 0.3) is 10.6 Å². The van der Waals surface area contributed by atoms with Gasteiger partial charge in [0.2, 0.25) is 0 Å². The van der Waals surface area contributed by atoms with E-state index in [2.05, 4.69) is 4.98 Å². The summed E-state index contributed by atoms with van der Waals surface area (Å²) in [6, 6.07) is 6.90. The highest BCUT2D eigenvalue weighted by Crippen LogP contribution is 2.24. The van der Waals surface area contributed by atoms with Gasteiger partial charge in [-0.15, -0.1) is 11.3 Å². The van der Waals surface area contributed by atoms with Gasteiger partial charge in [0.05, 0.1) is 12.1 Å². The molecule has 3 N–H and O–H groups in total. The van der Waals surface area contributed by atoms with E-state index < -0.39 is 24.5 Å². The van der Waals surface area contributed by atoms with Crippen LogP contribution in [0.1, 0.15) is 11.3 Å². The maximum absolute atomic E-state index is 11.6. The van der Waals surface area contributed by atoms with Gasteiger partial charge in [0.25, 0.3) is 5.91 Å². The molecule has 0 aliphatic rings. The Morgan fingerprint density at radius 3 is 2.83 bits per heavy atom. The molecule has 2 aromatic rings. The van der Waals surface area contributed by atoms with Gasteiger partial charge in [-0.2, -0.15) is 0 Å². The number of nitrogens with one attached hydrogen (secondary N) is 1. The van der Waals surface area contributed by atoms with Crippen molar-refractivity contribution >= 4 is 29.2 Å². The fraction of sp³-hybridized carbons (Fsp3) is 0.200. The monoisotopic (exact) mass is 333 g/mol. The molecular weight excluding hydrogens is 318 g/mol. The number of nitrogens with two attached hydrogens (primary N) is 1. The normalized spacial score (nSPS) is 10.1. The van der Waals surface area contributed by atoms with Crippen LogP contribution in [0.15, 0.2) is 29.6 Å². The Hall–Kier alpha value is -2.74. The number of carbonyl (C=O) groups is 3. The zero-order chi connectivity index (χ0) is 16.8. The molecule has 7 nitrogen and oxygen atoms in total. The summed E-state index contributed by atoms with van der Waals surface area (Å²) in [5, 5.41) is 4.38. The quantitative estimate of drug-likeness (QED) is 0.803. The van der Waals surface area contributed by atoms with E-state index in [-0.39, 0.29) is 6.42 Å². The van der Waals surface area contributed by atoms with E-state index in [1.807, 2.05) is 31.2 Å². The van der Waals surface area contributed by atoms with Crippen molar-refractivity contribution in [3.63, 3.8) is 0 Å². The van der Waals surface area contributed by atoms with E-state index in [1.165, 1.54) is 11.3 Å². The molecule has 0 saturated heterocycles. The predicted molar refractivity (Wildman–Crippen MR) is 84.7 cm³/mol. The molecule has 0 spiro atoms. The molecule has 1 aromatic heterocycles. The van der Waals surface area contributed by atoms with Crippen molar-refractivity contribution in [2.24, 2.45) is 5.73 Å². The molecular formula is C15H15N3O4S. The van der Waals surface area contributed by atoms with Crippen molar-refractivity contribution in [2.75, 3.05) is 6.61 Å². The van der Waals surface area contributed by atoms with E-state index in [0.29, 0.717) is 5.69 Å². The highest BCUT2D eigenvalue weighted by atomic mass is 32.1. The molecule has 3 amide bonds. The lowest BCUT2D eigenvalue weighted by molar-refractivity contribution is -0.147. The molecule has 0 saturated carbocycles. The van der Waals surface area contributed by atoms with Crippen LogP contribution in [0.2, 0.25) is 0 Å². The molecule has 23 heavy (non-hydrogen) atoms. The number of hydrogen-bond donors (Lipinski definition) is 2. The van der Waals surface area contributed by atoms with Gasteiger partial charge in [-0.25, -0.2) is 9.78 Å². The van der Waals surface area contributed by atoms with Crippen molar-refractivity contribution in [3.05, 3.63) is 40.9 Å². The van der Waals surface area contributed by atoms with Gasteiger partial charge in [0.1, 0.15) is 5.01 Å². The highest BCUT2D eigenvalue weighted by Gasteiger charge is 2.12. The molecule has 2 rings (SSSR count). The minimum Gasteiger partial charge on any atom is -0.455 e. The van der Waals surface area contributed by atoms with E-state index in [0.717, 1.165) is 16.1 Å². The Kier molecular flexibility index (Phi) is 5.42. The lowest BCUT2D eigenvalue weighted by atomic mass is 10.1. The molecule has 0 bridgehead atoms. The SMILES string of the molecule is Cc1cccc(-c2nc(CC(=O)OCC(=O)NC(N)=O)cs2)c1. The van der Waals surface area contributed by atoms with Crippen LogP contribution in [-0.4, -0.2) is 29.5 Å². The second-order valence-corrected chi connectivity index (χ2v) is 5.62. The summed E-state index contributed by atoms with van der Waals surface area (Å²) in [5.74, 6) is -1.38. The first kappa shape index (κ1) is 16.6. The van der Waals surface area contributed by atoms with Crippen molar-refractivity contribution in [3.8, 4) is 10.6 Å². The predicted octanol–water partition coefficient (Wildman–Crippen LogP) is 1.40. The summed E-state index contributed by atoms with van der Waals surface area (Å²) in [7, 11) is 0. The minimum absolute atomic E-state index is 0.0494. The number of rotatable bonds is 5. The molecule has 1 aromatic carbocycles. The number of nitrogens with zero attached hydrogens (tertiary/aromatic N) is 1. The van der Waals surface area contributed by atoms with Crippen LogP contribution in [0.3, 0.4) is 0 Å². The van der Waals surface area contributed by atoms with Crippen LogP contribution in [0.4, 0.5) is 4.79 Å². The summed E-state index contributed by atoms with van der Waals surface area (Å²) in [6.07, 6.45) is -0.0494. The van der Waals surface area contributed by atoms with E-state index >= 15 is 0 Å². The number of aryl methyl sites for hydroxylation is 1. The number of primary amides is 1. The second-order valence-electron chi connectivity index (χ2n) is 4.76. The number of urea groups is 1. The molecule has 0 atom stereocenters. The first-order valence-corrected chi connectivity index (χ1v) is 7.58. The Morgan fingerprint density at radius 1 is 1.35 bits per heavy atom. The molecule has 0 radical (unpaired) electrons. The third-order valence-corrected chi connectivity index (χ3v) is 3.71. The Labute approximate surface area is 136 Å². The van der Waals surface area contributed by atoms with Gasteiger partial charge in [-0.05, 0) is 13.0 Å². The maximum Gasteiger partial charge on any atom is 0.318 e. The number of amides is 3. The lowest BCUT2D eigenvalue weighted by Gasteiger charge is -2.03. The largest absolute Gasteiger partial charge is 0.455 e. The van der Waals surface area contributed by atoms with Gasteiger partial charge in [-0.3, -0.25) is 14.9 Å². The van der Waals surface area contributed by atoms with Crippen LogP contribution in [0, 0.1) is 6.92 Å². The number of carbonyl (C=O) groups excluding carboxylic acids is 3. The van der Waals surface area contributed by atoms with Crippen LogP contribution >= 0.6 is 11.3 Å². The lowest BCUT2D eigenvalue weighted by Crippen LogP contribution is -2.37. The number of benzene rings is 1. The third-order valence-electron chi connectivity index (χ3n) is 2.77. The number of aromatic nitrogens is 1. The van der Waals surface area contributed by atoms with Gasteiger partial charge in [-0.1, -0.05) is 23.8 Å². The van der Waals surface area contributed by atoms with Gasteiger partial charge < -0.3 is 10.5 Å². The van der Waals surface area contributed by atoms with E-state index in [9.17, 15) is 14.4 Å². The highest BCUT2D eigenvalue weighted by molar-refractivity contribution is 7.13. The smallest absolute Gasteiger partial charge is 0.318 e. The summed E-state index contributed by atoms with van der Waals surface area (Å²) in [4.78, 5) is 37.6. The maximum atomic E-state index is 11.6. The first-order valence-electron chi connectivity index (χ1n) is 6.70. The van der Waals surface area contributed by atoms with Gasteiger partial charge in [0, 0.05) is 10.9 Å². The Bertz CT molecular complexity index is 742. The summed E-state index contributed by atoms with van der Waals surface area (Å²) >= 11 is 1.43. The second kappa shape index (κ2) is 7.50. The zero-order valence-corrected chi connectivity index (χ0v) is 13.2.